The monoisotopic (exact) mass is 704 g/mol. The van der Waals surface area contributed by atoms with Crippen molar-refractivity contribution < 1.29 is 15.5 Å². The van der Waals surface area contributed by atoms with Crippen LogP contribution in [0.2, 0.25) is 0 Å². The van der Waals surface area contributed by atoms with Crippen molar-refractivity contribution in [3.63, 3.8) is 0 Å². The Bertz CT molecular complexity index is 2240. The van der Waals surface area contributed by atoms with E-state index in [2.05, 4.69) is 166 Å². The number of benzene rings is 5. The van der Waals surface area contributed by atoms with E-state index in [1.165, 1.54) is 60.8 Å². The van der Waals surface area contributed by atoms with Crippen LogP contribution in [0.3, 0.4) is 0 Å². The van der Waals surface area contributed by atoms with E-state index in [-0.39, 0.29) is 4.01 Å². The van der Waals surface area contributed by atoms with Crippen molar-refractivity contribution in [2.45, 2.75) is 91.5 Å². The summed E-state index contributed by atoms with van der Waals surface area (Å²) in [5, 5.41) is 2.95. The molecule has 50 heavy (non-hydrogen) atoms. The van der Waals surface area contributed by atoms with Crippen LogP contribution in [0.4, 0.5) is 0 Å². The molecule has 0 amide bonds. The topological polar surface area (TPSA) is 0 Å². The summed E-state index contributed by atoms with van der Waals surface area (Å²) in [5.74, 6) is 1.93. The van der Waals surface area contributed by atoms with E-state index in [4.69, 9.17) is 0 Å². The summed E-state index contributed by atoms with van der Waals surface area (Å²) < 4.78 is 3.46. The second-order valence-electron chi connectivity index (χ2n) is 16.8. The first kappa shape index (κ1) is 33.5. The van der Waals surface area contributed by atoms with Crippen LogP contribution >= 0.6 is 0 Å². The van der Waals surface area contributed by atoms with Crippen LogP contribution in [0.5, 0.6) is 0 Å². The van der Waals surface area contributed by atoms with Gasteiger partial charge in [0.2, 0.25) is 0 Å². The maximum atomic E-state index is 2.77. The van der Waals surface area contributed by atoms with Gasteiger partial charge in [0.05, 0.1) is 0 Å². The van der Waals surface area contributed by atoms with Gasteiger partial charge in [-0.1, -0.05) is 0 Å². The molecule has 3 aliphatic carbocycles. The third-order valence-electron chi connectivity index (χ3n) is 14.4. The van der Waals surface area contributed by atoms with Crippen LogP contribution in [0.1, 0.15) is 114 Å². The second-order valence-corrected chi connectivity index (χ2v) is 25.5. The molecule has 0 radical (unpaired) electrons. The quantitative estimate of drug-likeness (QED) is 0.163. The summed E-state index contributed by atoms with van der Waals surface area (Å²) in [6, 6.07) is 31.2. The van der Waals surface area contributed by atoms with Crippen LogP contribution in [0.15, 0.2) is 101 Å². The van der Waals surface area contributed by atoms with Gasteiger partial charge in [0.1, 0.15) is 0 Å². The zero-order chi connectivity index (χ0) is 35.2. The molecule has 8 rings (SSSR count). The first-order valence-electron chi connectivity index (χ1n) is 19.2. The molecule has 5 aromatic rings. The Morgan fingerprint density at radius 3 is 1.88 bits per heavy atom. The zero-order valence-electron chi connectivity index (χ0n) is 32.0. The first-order valence-corrected chi connectivity index (χ1v) is 23.7. The molecule has 250 valence electrons. The second kappa shape index (κ2) is 12.2. The molecule has 0 N–H and O–H groups in total. The first-order chi connectivity index (χ1) is 23.9. The molecule has 0 saturated heterocycles. The average molecular weight is 706 g/mol. The van der Waals surface area contributed by atoms with E-state index < -0.39 is 15.5 Å². The van der Waals surface area contributed by atoms with Gasteiger partial charge in [-0.15, -0.1) is 0 Å². The van der Waals surface area contributed by atoms with Crippen LogP contribution < -0.4 is 0 Å². The van der Waals surface area contributed by atoms with E-state index in [9.17, 15) is 0 Å². The predicted molar refractivity (Wildman–Crippen MR) is 213 cm³/mol. The van der Waals surface area contributed by atoms with Gasteiger partial charge in [-0.2, -0.15) is 0 Å². The molecule has 0 fully saturated rings. The van der Waals surface area contributed by atoms with Crippen LogP contribution in [0.25, 0.3) is 21.9 Å². The summed E-state index contributed by atoms with van der Waals surface area (Å²) in [4.78, 5) is 0. The Kier molecular flexibility index (Phi) is 8.19. The van der Waals surface area contributed by atoms with Gasteiger partial charge in [-0.3, -0.25) is 0 Å². The van der Waals surface area contributed by atoms with Crippen molar-refractivity contribution in [1.82, 2.24) is 0 Å². The molecule has 5 unspecified atom stereocenters. The van der Waals surface area contributed by atoms with Gasteiger partial charge in [0, 0.05) is 0 Å². The normalized spacial score (nSPS) is 23.3. The fourth-order valence-corrected chi connectivity index (χ4v) is 23.8. The minimum absolute atomic E-state index is 0.0344. The van der Waals surface area contributed by atoms with E-state index in [1.54, 1.807) is 30.5 Å². The van der Waals surface area contributed by atoms with Crippen molar-refractivity contribution in [2.24, 2.45) is 11.8 Å². The number of rotatable bonds is 4. The molecule has 0 spiro atoms. The van der Waals surface area contributed by atoms with Gasteiger partial charge >= 0.3 is 307 Å². The van der Waals surface area contributed by atoms with Crippen molar-refractivity contribution in [1.29, 1.82) is 0 Å². The molecule has 0 bridgehead atoms. The third kappa shape index (κ3) is 4.75. The molecular weight excluding hydrogens is 654 g/mol. The fourth-order valence-electron chi connectivity index (χ4n) is 11.2. The Morgan fingerprint density at radius 2 is 1.30 bits per heavy atom. The molecule has 0 aliphatic heterocycles. The molecule has 0 heterocycles. The molecule has 3 aliphatic rings. The summed E-state index contributed by atoms with van der Waals surface area (Å²) >= 11 is -3.10. The van der Waals surface area contributed by atoms with E-state index >= 15 is 0 Å². The Morgan fingerprint density at radius 1 is 0.700 bits per heavy atom. The summed E-state index contributed by atoms with van der Waals surface area (Å²) in [7, 11) is 0. The van der Waals surface area contributed by atoms with Gasteiger partial charge in [0.15, 0.2) is 0 Å². The average Bonchev–Trinajstić information content (AvgIpc) is 3.74. The Labute approximate surface area is 305 Å². The minimum atomic E-state index is -3.10. The number of aryl methyl sites for hydroxylation is 3. The third-order valence-corrected chi connectivity index (χ3v) is 25.8. The number of allylic oxidation sites excluding steroid dienone is 4. The predicted octanol–water partition coefficient (Wildman–Crippen LogP) is 12.8. The molecule has 1 heteroatoms. The van der Waals surface area contributed by atoms with Gasteiger partial charge in [-0.25, -0.2) is 0 Å². The molecular formula is C49H52Zn. The van der Waals surface area contributed by atoms with E-state index in [1.807, 2.05) is 0 Å². The number of hydrogen-bond acceptors (Lipinski definition) is 0. The zero-order valence-corrected chi connectivity index (χ0v) is 34.9. The van der Waals surface area contributed by atoms with Gasteiger partial charge < -0.3 is 0 Å². The Balaban J connectivity index is 1.59. The van der Waals surface area contributed by atoms with Crippen molar-refractivity contribution in [3.05, 3.63) is 162 Å². The maximum absolute atomic E-state index is 3.10. The fraction of sp³-hybridized carbons (Fsp3) is 0.327. The van der Waals surface area contributed by atoms with Crippen LogP contribution in [-0.4, -0.2) is 4.11 Å². The van der Waals surface area contributed by atoms with Gasteiger partial charge in [0.25, 0.3) is 0 Å². The molecule has 0 nitrogen and oxygen atoms in total. The summed E-state index contributed by atoms with van der Waals surface area (Å²) in [6.45, 7) is 24.6. The summed E-state index contributed by atoms with van der Waals surface area (Å²) in [5.41, 5.74) is 19.5. The number of hydrogen-bond donors (Lipinski definition) is 0. The van der Waals surface area contributed by atoms with Crippen LogP contribution in [-0.2, 0) is 19.5 Å². The van der Waals surface area contributed by atoms with Crippen molar-refractivity contribution in [3.8, 4) is 11.1 Å². The van der Waals surface area contributed by atoms with Gasteiger partial charge in [-0.05, 0) is 0 Å². The summed E-state index contributed by atoms with van der Waals surface area (Å²) in [6.07, 6.45) is 8.44. The number of fused-ring (bicyclic) bond motifs is 8. The molecule has 5 aromatic carbocycles. The standard InChI is InChI=1S/C29H33.C15H14.C5H5.Zn/c1-14-13-24-25(18(5)15(14)2)21(8)28-27-20(7)17(4)16(3)19(6)26(27)22-11-9-10-12-23(22)29(24)28;1-12-3-7-14(8-4-12)11-15-9-5-13(2)6-10-15;1-2-4-5-3-1;/h9-13,16-17,19,21H,1-8H3;3-10H,1-2H3;1-3H,4H2;. The van der Waals surface area contributed by atoms with E-state index in [0.717, 1.165) is 6.42 Å². The van der Waals surface area contributed by atoms with E-state index in [0.29, 0.717) is 23.7 Å². The molecule has 0 aromatic heterocycles. The van der Waals surface area contributed by atoms with Crippen LogP contribution in [0, 0.1) is 46.5 Å². The van der Waals surface area contributed by atoms with Crippen molar-refractivity contribution in [2.75, 3.05) is 0 Å². The van der Waals surface area contributed by atoms with Crippen molar-refractivity contribution >= 4 is 14.9 Å². The molecule has 5 atom stereocenters. The SMILES string of the molecule is Cc1ccc([C](c2ccc(C)cc2)=[Zn]([C]2=CC=CC2)[C]2(C)c3c4c(c5ccccc5c3C(C)C(C)C2C)-c2cc(C)c(C)c(C)c2C4C)cc1. The Hall–Kier alpha value is -3.67. The molecule has 0 saturated carbocycles.